The van der Waals surface area contributed by atoms with Crippen molar-refractivity contribution in [2.45, 2.75) is 33.3 Å². The molecule has 30 heavy (non-hydrogen) atoms. The maximum atomic E-state index is 12.3. The molecular weight excluding hydrogens is 472 g/mol. The van der Waals surface area contributed by atoms with Crippen LogP contribution in [0.25, 0.3) is 11.0 Å². The number of nitrogens with zero attached hydrogens (tertiary/aromatic N) is 1. The van der Waals surface area contributed by atoms with E-state index < -0.39 is 5.91 Å². The van der Waals surface area contributed by atoms with Gasteiger partial charge in [-0.05, 0) is 78.2 Å². The average Bonchev–Trinajstić information content (AvgIpc) is 3.13. The molecule has 0 bridgehead atoms. The fourth-order valence-electron chi connectivity index (χ4n) is 2.67. The molecule has 3 aromatic rings. The topological polar surface area (TPSA) is 73.1 Å². The molecule has 3 rings (SSSR count). The molecule has 0 aliphatic heterocycles. The predicted molar refractivity (Wildman–Crippen MR) is 122 cm³/mol. The monoisotopic (exact) mass is 492 g/mol. The van der Waals surface area contributed by atoms with Gasteiger partial charge >= 0.3 is 5.91 Å². The average molecular weight is 494 g/mol. The number of amides is 1. The summed E-state index contributed by atoms with van der Waals surface area (Å²) in [4.78, 5) is 12.3. The standard InChI is InChI=1S/C22H22BrClN2O4/c1-4-13(3)29-21-17(23)8-14(9-19(21)28-5-2)12-25-26-22(27)20-11-15-10-16(24)6-7-18(15)30-20/h6-13H,4-5H2,1-3H3,(H,26,27)/b25-12+/t13-/m1/s1. The van der Waals surface area contributed by atoms with Gasteiger partial charge in [-0.15, -0.1) is 0 Å². The Morgan fingerprint density at radius 1 is 1.30 bits per heavy atom. The van der Waals surface area contributed by atoms with Gasteiger partial charge in [-0.2, -0.15) is 5.10 Å². The highest BCUT2D eigenvalue weighted by Crippen LogP contribution is 2.37. The zero-order chi connectivity index (χ0) is 21.7. The molecule has 1 amide bonds. The van der Waals surface area contributed by atoms with E-state index in [-0.39, 0.29) is 11.9 Å². The van der Waals surface area contributed by atoms with Crippen molar-refractivity contribution >= 4 is 50.6 Å². The van der Waals surface area contributed by atoms with E-state index >= 15 is 0 Å². The van der Waals surface area contributed by atoms with Crippen molar-refractivity contribution in [1.82, 2.24) is 5.43 Å². The van der Waals surface area contributed by atoms with Crippen molar-refractivity contribution in [3.8, 4) is 11.5 Å². The van der Waals surface area contributed by atoms with E-state index in [2.05, 4.69) is 33.4 Å². The molecule has 0 saturated heterocycles. The summed E-state index contributed by atoms with van der Waals surface area (Å²) in [5.74, 6) is 0.944. The lowest BCUT2D eigenvalue weighted by atomic mass is 10.2. The van der Waals surface area contributed by atoms with Gasteiger partial charge in [-0.1, -0.05) is 18.5 Å². The summed E-state index contributed by atoms with van der Waals surface area (Å²) in [5.41, 5.74) is 3.78. The number of halogens is 2. The van der Waals surface area contributed by atoms with Crippen molar-refractivity contribution < 1.29 is 18.7 Å². The van der Waals surface area contributed by atoms with E-state index in [0.29, 0.717) is 28.7 Å². The minimum atomic E-state index is -0.459. The van der Waals surface area contributed by atoms with Crippen LogP contribution in [0.4, 0.5) is 0 Å². The van der Waals surface area contributed by atoms with Crippen LogP contribution in [0.2, 0.25) is 5.02 Å². The molecule has 0 saturated carbocycles. The molecule has 0 aliphatic rings. The van der Waals surface area contributed by atoms with Crippen LogP contribution in [0, 0.1) is 0 Å². The van der Waals surface area contributed by atoms with Gasteiger partial charge in [-0.25, -0.2) is 5.43 Å². The summed E-state index contributed by atoms with van der Waals surface area (Å²) < 4.78 is 18.0. The normalized spacial score (nSPS) is 12.3. The van der Waals surface area contributed by atoms with E-state index in [1.54, 1.807) is 24.3 Å². The second-order valence-electron chi connectivity index (χ2n) is 6.59. The van der Waals surface area contributed by atoms with Crippen LogP contribution in [-0.4, -0.2) is 24.8 Å². The van der Waals surface area contributed by atoms with Gasteiger partial charge in [-0.3, -0.25) is 4.79 Å². The number of carbonyl (C=O) groups excluding carboxylic acids is 1. The number of carbonyl (C=O) groups is 1. The van der Waals surface area contributed by atoms with Gasteiger partial charge < -0.3 is 13.9 Å². The number of fused-ring (bicyclic) bond motifs is 1. The number of hydrogen-bond acceptors (Lipinski definition) is 5. The number of hydrogen-bond donors (Lipinski definition) is 1. The Bertz CT molecular complexity index is 1080. The number of rotatable bonds is 8. The summed E-state index contributed by atoms with van der Waals surface area (Å²) in [7, 11) is 0. The zero-order valence-corrected chi connectivity index (χ0v) is 19.2. The molecule has 1 aromatic heterocycles. The summed E-state index contributed by atoms with van der Waals surface area (Å²) >= 11 is 9.49. The van der Waals surface area contributed by atoms with E-state index in [4.69, 9.17) is 25.5 Å². The first-order valence-electron chi connectivity index (χ1n) is 9.56. The molecule has 1 heterocycles. The second-order valence-corrected chi connectivity index (χ2v) is 7.88. The maximum Gasteiger partial charge on any atom is 0.307 e. The van der Waals surface area contributed by atoms with Gasteiger partial charge in [0.2, 0.25) is 0 Å². The molecule has 1 atom stereocenters. The van der Waals surface area contributed by atoms with Gasteiger partial charge in [0.25, 0.3) is 0 Å². The molecular formula is C22H22BrClN2O4. The first-order chi connectivity index (χ1) is 14.4. The predicted octanol–water partition coefficient (Wildman–Crippen LogP) is 6.19. The highest BCUT2D eigenvalue weighted by Gasteiger charge is 2.15. The quantitative estimate of drug-likeness (QED) is 0.300. The molecule has 158 valence electrons. The fraction of sp³-hybridized carbons (Fsp3) is 0.273. The molecule has 8 heteroatoms. The van der Waals surface area contributed by atoms with E-state index in [1.807, 2.05) is 26.0 Å². The van der Waals surface area contributed by atoms with Crippen LogP contribution in [-0.2, 0) is 0 Å². The first kappa shape index (κ1) is 22.2. The molecule has 0 radical (unpaired) electrons. The minimum Gasteiger partial charge on any atom is -0.490 e. The van der Waals surface area contributed by atoms with Gasteiger partial charge in [0.15, 0.2) is 17.3 Å². The van der Waals surface area contributed by atoms with Crippen LogP contribution in [0.1, 0.15) is 43.3 Å². The van der Waals surface area contributed by atoms with Crippen molar-refractivity contribution in [3.05, 3.63) is 57.2 Å². The lowest BCUT2D eigenvalue weighted by molar-refractivity contribution is 0.0929. The van der Waals surface area contributed by atoms with E-state index in [0.717, 1.165) is 21.8 Å². The minimum absolute atomic E-state index is 0.0537. The second kappa shape index (κ2) is 10.00. The highest BCUT2D eigenvalue weighted by atomic mass is 79.9. The fourth-order valence-corrected chi connectivity index (χ4v) is 3.40. The maximum absolute atomic E-state index is 12.3. The summed E-state index contributed by atoms with van der Waals surface area (Å²) in [5, 5.41) is 5.35. The third-order valence-corrected chi connectivity index (χ3v) is 5.13. The lowest BCUT2D eigenvalue weighted by Gasteiger charge is -2.18. The smallest absolute Gasteiger partial charge is 0.307 e. The number of hydrazone groups is 1. The highest BCUT2D eigenvalue weighted by molar-refractivity contribution is 9.10. The molecule has 1 N–H and O–H groups in total. The Balaban J connectivity index is 1.75. The third kappa shape index (κ3) is 5.34. The van der Waals surface area contributed by atoms with Crippen LogP contribution < -0.4 is 14.9 Å². The largest absolute Gasteiger partial charge is 0.490 e. The number of ether oxygens (including phenoxy) is 2. The summed E-state index contributed by atoms with van der Waals surface area (Å²) in [6, 6.07) is 10.4. The SMILES string of the molecule is CCOc1cc(/C=N/NC(=O)c2cc3cc(Cl)ccc3o2)cc(Br)c1O[C@H](C)CC. The Kier molecular flexibility index (Phi) is 7.39. The Morgan fingerprint density at radius 2 is 2.10 bits per heavy atom. The Labute approximate surface area is 188 Å². The molecule has 6 nitrogen and oxygen atoms in total. The summed E-state index contributed by atoms with van der Waals surface area (Å²) in [6.07, 6.45) is 2.46. The van der Waals surface area contributed by atoms with Crippen molar-refractivity contribution in [3.63, 3.8) is 0 Å². The van der Waals surface area contributed by atoms with Gasteiger partial charge in [0, 0.05) is 10.4 Å². The Hall–Kier alpha value is -2.51. The van der Waals surface area contributed by atoms with Crippen LogP contribution in [0.15, 0.2) is 50.4 Å². The number of nitrogens with one attached hydrogen (secondary N) is 1. The van der Waals surface area contributed by atoms with Crippen molar-refractivity contribution in [2.75, 3.05) is 6.61 Å². The zero-order valence-electron chi connectivity index (χ0n) is 16.9. The molecule has 0 spiro atoms. The van der Waals surface area contributed by atoms with Crippen LogP contribution in [0.3, 0.4) is 0 Å². The number of benzene rings is 2. The third-order valence-electron chi connectivity index (χ3n) is 4.31. The molecule has 2 aromatic carbocycles. The lowest BCUT2D eigenvalue weighted by Crippen LogP contribution is -2.16. The number of furan rings is 1. The summed E-state index contributed by atoms with van der Waals surface area (Å²) in [6.45, 7) is 6.46. The molecule has 0 unspecified atom stereocenters. The van der Waals surface area contributed by atoms with Crippen molar-refractivity contribution in [1.29, 1.82) is 0 Å². The van der Waals surface area contributed by atoms with Crippen molar-refractivity contribution in [2.24, 2.45) is 5.10 Å². The Morgan fingerprint density at radius 3 is 2.83 bits per heavy atom. The van der Waals surface area contributed by atoms with Crippen LogP contribution in [0.5, 0.6) is 11.5 Å². The van der Waals surface area contributed by atoms with E-state index in [1.165, 1.54) is 6.21 Å². The van der Waals surface area contributed by atoms with Gasteiger partial charge in [0.1, 0.15) is 5.58 Å². The molecule has 0 aliphatic carbocycles. The van der Waals surface area contributed by atoms with E-state index in [9.17, 15) is 4.79 Å². The van der Waals surface area contributed by atoms with Crippen LogP contribution >= 0.6 is 27.5 Å². The molecule has 0 fully saturated rings. The van der Waals surface area contributed by atoms with Gasteiger partial charge in [0.05, 0.1) is 23.4 Å². The first-order valence-corrected chi connectivity index (χ1v) is 10.7.